The molecule has 0 bridgehead atoms. The molecule has 3 rings (SSSR count). The van der Waals surface area contributed by atoms with E-state index >= 15 is 0 Å². The summed E-state index contributed by atoms with van der Waals surface area (Å²) in [5.41, 5.74) is 1.37. The molecule has 3 amide bonds. The highest BCUT2D eigenvalue weighted by Gasteiger charge is 2.43. The molecule has 0 unspecified atom stereocenters. The zero-order valence-electron chi connectivity index (χ0n) is 17.1. The fourth-order valence-corrected chi connectivity index (χ4v) is 3.67. The third kappa shape index (κ3) is 4.41. The zero-order valence-corrected chi connectivity index (χ0v) is 17.8. The smallest absolute Gasteiger partial charge is 0.257 e. The van der Waals surface area contributed by atoms with Gasteiger partial charge in [-0.3, -0.25) is 14.4 Å². The van der Waals surface area contributed by atoms with Crippen molar-refractivity contribution in [3.8, 4) is 11.5 Å². The normalized spacial score (nSPS) is 16.0. The molecule has 1 saturated heterocycles. The average molecular weight is 431 g/mol. The van der Waals surface area contributed by atoms with E-state index in [1.54, 1.807) is 44.6 Å². The number of amides is 3. The van der Waals surface area contributed by atoms with Gasteiger partial charge < -0.3 is 14.4 Å². The Morgan fingerprint density at radius 1 is 1.10 bits per heavy atom. The third-order valence-corrected chi connectivity index (χ3v) is 5.33. The van der Waals surface area contributed by atoms with E-state index in [0.717, 1.165) is 10.5 Å². The number of hydrogen-bond donors (Lipinski definition) is 0. The van der Waals surface area contributed by atoms with Gasteiger partial charge >= 0.3 is 0 Å². The fourth-order valence-electron chi connectivity index (χ4n) is 3.54. The Balaban J connectivity index is 1.76. The summed E-state index contributed by atoms with van der Waals surface area (Å²) < 4.78 is 10.6. The number of halogens is 1. The van der Waals surface area contributed by atoms with Crippen molar-refractivity contribution in [3.63, 3.8) is 0 Å². The van der Waals surface area contributed by atoms with Crippen LogP contribution in [0.1, 0.15) is 18.9 Å². The third-order valence-electron chi connectivity index (χ3n) is 5.08. The molecule has 0 saturated carbocycles. The van der Waals surface area contributed by atoms with Gasteiger partial charge in [0, 0.05) is 18.5 Å². The number of hydrogen-bond acceptors (Lipinski definition) is 5. The first-order chi connectivity index (χ1) is 14.3. The minimum atomic E-state index is -0.828. The van der Waals surface area contributed by atoms with E-state index in [-0.39, 0.29) is 18.2 Å². The van der Waals surface area contributed by atoms with Crippen molar-refractivity contribution in [1.29, 1.82) is 0 Å². The Morgan fingerprint density at radius 2 is 1.77 bits per heavy atom. The van der Waals surface area contributed by atoms with Crippen LogP contribution >= 0.6 is 11.6 Å². The van der Waals surface area contributed by atoms with E-state index in [2.05, 4.69) is 0 Å². The Bertz CT molecular complexity index is 961. The van der Waals surface area contributed by atoms with Gasteiger partial charge in [-0.15, -0.1) is 0 Å². The molecule has 0 aliphatic carbocycles. The fraction of sp³-hybridized carbons (Fsp3) is 0.318. The van der Waals surface area contributed by atoms with Crippen molar-refractivity contribution < 1.29 is 23.9 Å². The topological polar surface area (TPSA) is 76.2 Å². The van der Waals surface area contributed by atoms with Crippen LogP contribution < -0.4 is 14.4 Å². The molecule has 2 aromatic rings. The second kappa shape index (κ2) is 9.17. The Kier molecular flexibility index (Phi) is 6.62. The first kappa shape index (κ1) is 21.6. The van der Waals surface area contributed by atoms with Crippen molar-refractivity contribution in [2.45, 2.75) is 25.8 Å². The molecular formula is C22H23ClN2O5. The van der Waals surface area contributed by atoms with E-state index in [4.69, 9.17) is 21.1 Å². The molecule has 2 aromatic carbocycles. The lowest BCUT2D eigenvalue weighted by molar-refractivity contribution is -0.136. The van der Waals surface area contributed by atoms with E-state index < -0.39 is 11.9 Å². The zero-order chi connectivity index (χ0) is 21.8. The molecule has 158 valence electrons. The number of rotatable bonds is 7. The number of anilines is 1. The summed E-state index contributed by atoms with van der Waals surface area (Å²) in [7, 11) is 3.11. The van der Waals surface area contributed by atoms with E-state index in [1.807, 2.05) is 12.1 Å². The monoisotopic (exact) mass is 430 g/mol. The van der Waals surface area contributed by atoms with Crippen LogP contribution in [0.5, 0.6) is 11.5 Å². The van der Waals surface area contributed by atoms with Gasteiger partial charge in [0.05, 0.1) is 26.3 Å². The molecule has 1 atom stereocenters. The molecule has 8 heteroatoms. The van der Waals surface area contributed by atoms with Crippen LogP contribution in [0.3, 0.4) is 0 Å². The van der Waals surface area contributed by atoms with Crippen LogP contribution in [0, 0.1) is 0 Å². The molecule has 30 heavy (non-hydrogen) atoms. The van der Waals surface area contributed by atoms with Gasteiger partial charge in [0.25, 0.3) is 5.91 Å². The van der Waals surface area contributed by atoms with E-state index in [0.29, 0.717) is 35.2 Å². The molecule has 0 spiro atoms. The summed E-state index contributed by atoms with van der Waals surface area (Å²) >= 11 is 5.89. The maximum Gasteiger partial charge on any atom is 0.257 e. The van der Waals surface area contributed by atoms with Gasteiger partial charge in [0.1, 0.15) is 6.04 Å². The number of ether oxygens (including phenoxy) is 2. The molecule has 7 nitrogen and oxygen atoms in total. The van der Waals surface area contributed by atoms with Crippen LogP contribution in [0.4, 0.5) is 5.69 Å². The average Bonchev–Trinajstić information content (AvgIpc) is 3.02. The van der Waals surface area contributed by atoms with Crippen molar-refractivity contribution in [2.75, 3.05) is 25.7 Å². The lowest BCUT2D eigenvalue weighted by Gasteiger charge is -2.26. The molecule has 0 N–H and O–H groups in total. The SMILES string of the molecule is COc1ccc(CCN(C(C)=O)[C@H]2CC(=O)N(c3ccc(Cl)cc3)C2=O)cc1OC. The largest absolute Gasteiger partial charge is 0.493 e. The van der Waals surface area contributed by atoms with E-state index in [1.165, 1.54) is 11.8 Å². The van der Waals surface area contributed by atoms with Gasteiger partial charge in [-0.05, 0) is 48.4 Å². The predicted molar refractivity (Wildman–Crippen MR) is 113 cm³/mol. The van der Waals surface area contributed by atoms with Gasteiger partial charge in [0.15, 0.2) is 11.5 Å². The van der Waals surface area contributed by atoms with Gasteiger partial charge in [0.2, 0.25) is 11.8 Å². The highest BCUT2D eigenvalue weighted by molar-refractivity contribution is 6.30. The molecule has 1 aliphatic heterocycles. The number of carbonyl (C=O) groups is 3. The van der Waals surface area contributed by atoms with Crippen molar-refractivity contribution >= 4 is 35.0 Å². The summed E-state index contributed by atoms with van der Waals surface area (Å²) in [6.45, 7) is 1.69. The molecule has 1 fully saturated rings. The van der Waals surface area contributed by atoms with Gasteiger partial charge in [-0.1, -0.05) is 17.7 Å². The maximum absolute atomic E-state index is 13.0. The van der Waals surface area contributed by atoms with Crippen LogP contribution in [0.25, 0.3) is 0 Å². The summed E-state index contributed by atoms with van der Waals surface area (Å²) in [5.74, 6) is 0.180. The Labute approximate surface area is 180 Å². The summed E-state index contributed by atoms with van der Waals surface area (Å²) in [5, 5.41) is 0.509. The minimum Gasteiger partial charge on any atom is -0.493 e. The second-order valence-electron chi connectivity index (χ2n) is 6.92. The number of methoxy groups -OCH3 is 2. The highest BCUT2D eigenvalue weighted by Crippen LogP contribution is 2.29. The number of imide groups is 1. The number of benzene rings is 2. The number of nitrogens with zero attached hydrogens (tertiary/aromatic N) is 2. The summed E-state index contributed by atoms with van der Waals surface area (Å²) in [4.78, 5) is 40.4. The van der Waals surface area contributed by atoms with E-state index in [9.17, 15) is 14.4 Å². The summed E-state index contributed by atoms with van der Waals surface area (Å²) in [6.07, 6.45) is 0.450. The second-order valence-corrected chi connectivity index (χ2v) is 7.35. The molecule has 0 radical (unpaired) electrons. The quantitative estimate of drug-likeness (QED) is 0.631. The van der Waals surface area contributed by atoms with Crippen LogP contribution in [-0.2, 0) is 20.8 Å². The van der Waals surface area contributed by atoms with Crippen molar-refractivity contribution in [2.24, 2.45) is 0 Å². The number of carbonyl (C=O) groups excluding carboxylic acids is 3. The lowest BCUT2D eigenvalue weighted by Crippen LogP contribution is -2.45. The summed E-state index contributed by atoms with van der Waals surface area (Å²) in [6, 6.07) is 11.1. The Hall–Kier alpha value is -3.06. The van der Waals surface area contributed by atoms with Crippen LogP contribution in [0.2, 0.25) is 5.02 Å². The maximum atomic E-state index is 13.0. The molecule has 1 aliphatic rings. The standard InChI is InChI=1S/C22H23ClN2O5/c1-14(26)24(11-10-15-4-9-19(29-2)20(12-15)30-3)18-13-21(27)25(22(18)28)17-7-5-16(23)6-8-17/h4-9,12,18H,10-11,13H2,1-3H3/t18-/m0/s1. The van der Waals surface area contributed by atoms with Gasteiger partial charge in [-0.2, -0.15) is 0 Å². The molecular weight excluding hydrogens is 408 g/mol. The van der Waals surface area contributed by atoms with Crippen LogP contribution in [0.15, 0.2) is 42.5 Å². The van der Waals surface area contributed by atoms with Crippen molar-refractivity contribution in [1.82, 2.24) is 4.90 Å². The predicted octanol–water partition coefficient (Wildman–Crippen LogP) is 3.08. The molecule has 0 aromatic heterocycles. The minimum absolute atomic E-state index is 0.0486. The van der Waals surface area contributed by atoms with Gasteiger partial charge in [-0.25, -0.2) is 4.90 Å². The first-order valence-corrected chi connectivity index (χ1v) is 9.84. The Morgan fingerprint density at radius 3 is 2.37 bits per heavy atom. The first-order valence-electron chi connectivity index (χ1n) is 9.46. The van der Waals surface area contributed by atoms with Crippen molar-refractivity contribution in [3.05, 3.63) is 53.1 Å². The highest BCUT2D eigenvalue weighted by atomic mass is 35.5. The van der Waals surface area contributed by atoms with Crippen LogP contribution in [-0.4, -0.2) is 49.4 Å². The lowest BCUT2D eigenvalue weighted by atomic mass is 10.1. The molecule has 1 heterocycles.